The number of nitrogens with zero attached hydrogens (tertiary/aromatic N) is 4. The van der Waals surface area contributed by atoms with E-state index in [1.807, 2.05) is 6.07 Å². The molecule has 0 unspecified atom stereocenters. The summed E-state index contributed by atoms with van der Waals surface area (Å²) in [5.74, 6) is 0.186. The van der Waals surface area contributed by atoms with Crippen LogP contribution in [0.3, 0.4) is 0 Å². The van der Waals surface area contributed by atoms with Crippen LogP contribution in [-0.2, 0) is 11.3 Å². The molecule has 3 rings (SSSR count). The first-order chi connectivity index (χ1) is 13.0. The predicted octanol–water partition coefficient (Wildman–Crippen LogP) is 2.03. The predicted molar refractivity (Wildman–Crippen MR) is 95.7 cm³/mol. The summed E-state index contributed by atoms with van der Waals surface area (Å²) in [7, 11) is 1.52. The van der Waals surface area contributed by atoms with Crippen molar-refractivity contribution in [1.29, 1.82) is 5.26 Å². The summed E-state index contributed by atoms with van der Waals surface area (Å²) in [4.78, 5) is 22.4. The molecule has 0 atom stereocenters. The van der Waals surface area contributed by atoms with E-state index in [9.17, 15) is 20.2 Å². The zero-order valence-electron chi connectivity index (χ0n) is 14.6. The molecule has 0 aliphatic heterocycles. The maximum atomic E-state index is 12.1. The summed E-state index contributed by atoms with van der Waals surface area (Å²) >= 11 is 0. The molecule has 1 fully saturated rings. The molecule has 1 aliphatic carbocycles. The summed E-state index contributed by atoms with van der Waals surface area (Å²) in [5, 5.41) is 26.8. The maximum absolute atomic E-state index is 12.1. The van der Waals surface area contributed by atoms with Crippen LogP contribution in [0.5, 0.6) is 5.75 Å². The Kier molecular flexibility index (Phi) is 5.17. The van der Waals surface area contributed by atoms with Crippen molar-refractivity contribution in [3.63, 3.8) is 0 Å². The zero-order valence-corrected chi connectivity index (χ0v) is 14.6. The summed E-state index contributed by atoms with van der Waals surface area (Å²) in [6, 6.07) is 7.29. The van der Waals surface area contributed by atoms with Crippen LogP contribution in [0.2, 0.25) is 0 Å². The van der Waals surface area contributed by atoms with Crippen LogP contribution in [0.25, 0.3) is 6.08 Å². The van der Waals surface area contributed by atoms with Gasteiger partial charge in [0.05, 0.1) is 18.6 Å². The minimum atomic E-state index is -0.516. The number of carbonyl (C=O) groups excluding carboxylic acids is 1. The molecule has 0 saturated heterocycles. The number of hydrogen-bond acceptors (Lipinski definition) is 6. The van der Waals surface area contributed by atoms with Crippen LogP contribution in [-0.4, -0.2) is 33.8 Å². The molecule has 9 heteroatoms. The molecule has 27 heavy (non-hydrogen) atoms. The molecule has 1 aromatic heterocycles. The summed E-state index contributed by atoms with van der Waals surface area (Å²) in [5.41, 5.74) is 1.28. The van der Waals surface area contributed by atoms with Crippen LogP contribution in [0.1, 0.15) is 24.0 Å². The first kappa shape index (κ1) is 18.1. The van der Waals surface area contributed by atoms with E-state index in [4.69, 9.17) is 4.74 Å². The number of nitro groups is 1. The van der Waals surface area contributed by atoms with E-state index in [2.05, 4.69) is 10.4 Å². The van der Waals surface area contributed by atoms with Gasteiger partial charge in [-0.05, 0) is 36.6 Å². The molecule has 1 saturated carbocycles. The van der Waals surface area contributed by atoms with Gasteiger partial charge in [-0.25, -0.2) is 0 Å². The number of methoxy groups -OCH3 is 1. The lowest BCUT2D eigenvalue weighted by molar-refractivity contribution is -0.385. The average molecular weight is 367 g/mol. The quantitative estimate of drug-likeness (QED) is 0.346. The molecule has 1 aliphatic rings. The minimum absolute atomic E-state index is 0.0211. The molecule has 2 aromatic rings. The molecule has 1 N–H and O–H groups in total. The van der Waals surface area contributed by atoms with Crippen LogP contribution in [0, 0.1) is 21.4 Å². The topological polar surface area (TPSA) is 123 Å². The number of hydrogen-bond donors (Lipinski definition) is 1. The second kappa shape index (κ2) is 7.70. The second-order valence-corrected chi connectivity index (χ2v) is 6.14. The lowest BCUT2D eigenvalue weighted by Gasteiger charge is -2.10. The van der Waals surface area contributed by atoms with Gasteiger partial charge in [0, 0.05) is 11.6 Å². The fourth-order valence-corrected chi connectivity index (χ4v) is 2.53. The smallest absolute Gasteiger partial charge is 0.307 e. The highest BCUT2D eigenvalue weighted by molar-refractivity contribution is 6.02. The summed E-state index contributed by atoms with van der Waals surface area (Å²) in [6.45, 7) is 0.245. The molecule has 0 spiro atoms. The normalized spacial score (nSPS) is 13.7. The van der Waals surface area contributed by atoms with Gasteiger partial charge >= 0.3 is 5.69 Å². The Labute approximate surface area is 155 Å². The molecular weight excluding hydrogens is 350 g/mol. The van der Waals surface area contributed by atoms with E-state index < -0.39 is 4.92 Å². The number of nitrogens with one attached hydrogen (secondary N) is 1. The van der Waals surface area contributed by atoms with Crippen molar-refractivity contribution in [2.45, 2.75) is 25.4 Å². The van der Waals surface area contributed by atoms with Crippen molar-refractivity contribution in [2.24, 2.45) is 0 Å². The maximum Gasteiger partial charge on any atom is 0.307 e. The SMILES string of the molecule is COc1ccc(/C=C(\C#N)C(=O)NC2CC2)cc1Cn1cc([N+](=O)[O-])cn1. The number of carbonyl (C=O) groups is 1. The third kappa shape index (κ3) is 4.49. The molecule has 0 bridgehead atoms. The first-order valence-electron chi connectivity index (χ1n) is 8.26. The summed E-state index contributed by atoms with van der Waals surface area (Å²) in [6.07, 6.45) is 5.88. The number of benzene rings is 1. The van der Waals surface area contributed by atoms with Gasteiger partial charge in [-0.3, -0.25) is 19.6 Å². The van der Waals surface area contributed by atoms with Gasteiger partial charge < -0.3 is 10.1 Å². The number of aromatic nitrogens is 2. The summed E-state index contributed by atoms with van der Waals surface area (Å²) < 4.78 is 6.75. The van der Waals surface area contributed by atoms with Crippen molar-refractivity contribution in [3.8, 4) is 11.8 Å². The highest BCUT2D eigenvalue weighted by Crippen LogP contribution is 2.24. The van der Waals surface area contributed by atoms with E-state index in [0.717, 1.165) is 12.8 Å². The lowest BCUT2D eigenvalue weighted by Crippen LogP contribution is -2.26. The Hall–Kier alpha value is -3.67. The zero-order chi connectivity index (χ0) is 19.4. The Morgan fingerprint density at radius 3 is 2.93 bits per heavy atom. The van der Waals surface area contributed by atoms with E-state index in [0.29, 0.717) is 16.9 Å². The molecule has 9 nitrogen and oxygen atoms in total. The number of amides is 1. The van der Waals surface area contributed by atoms with E-state index in [-0.39, 0.29) is 29.8 Å². The van der Waals surface area contributed by atoms with E-state index in [1.54, 1.807) is 18.2 Å². The third-order valence-corrected chi connectivity index (χ3v) is 4.06. The van der Waals surface area contributed by atoms with Crippen molar-refractivity contribution in [2.75, 3.05) is 7.11 Å². The van der Waals surface area contributed by atoms with Crippen LogP contribution in [0.4, 0.5) is 5.69 Å². The van der Waals surface area contributed by atoms with Crippen LogP contribution < -0.4 is 10.1 Å². The van der Waals surface area contributed by atoms with Crippen molar-refractivity contribution >= 4 is 17.7 Å². The minimum Gasteiger partial charge on any atom is -0.496 e. The highest BCUT2D eigenvalue weighted by atomic mass is 16.6. The standard InChI is InChI=1S/C18H17N5O4/c1-27-17-5-2-12(6-13(8-19)18(24)21-15-3-4-15)7-14(17)10-22-11-16(9-20-22)23(25)26/h2,5-7,9,11,15H,3-4,10H2,1H3,(H,21,24)/b13-6+. The fraction of sp³-hybridized carbons (Fsp3) is 0.278. The fourth-order valence-electron chi connectivity index (χ4n) is 2.53. The van der Waals surface area contributed by atoms with Gasteiger partial charge in [-0.15, -0.1) is 0 Å². The van der Waals surface area contributed by atoms with Gasteiger partial charge in [0.2, 0.25) is 0 Å². The van der Waals surface area contributed by atoms with Gasteiger partial charge in [-0.1, -0.05) is 6.07 Å². The number of rotatable bonds is 7. The molecule has 1 amide bonds. The third-order valence-electron chi connectivity index (χ3n) is 4.06. The Balaban J connectivity index is 1.85. The van der Waals surface area contributed by atoms with Crippen LogP contribution in [0.15, 0.2) is 36.2 Å². The van der Waals surface area contributed by atoms with Crippen molar-refractivity contribution in [1.82, 2.24) is 15.1 Å². The van der Waals surface area contributed by atoms with Crippen molar-refractivity contribution < 1.29 is 14.5 Å². The Morgan fingerprint density at radius 1 is 1.56 bits per heavy atom. The first-order valence-corrected chi connectivity index (χ1v) is 8.26. The number of ether oxygens (including phenoxy) is 1. The molecule has 0 radical (unpaired) electrons. The van der Waals surface area contributed by atoms with E-state index in [1.165, 1.54) is 30.3 Å². The van der Waals surface area contributed by atoms with Gasteiger partial charge in [0.1, 0.15) is 29.8 Å². The van der Waals surface area contributed by atoms with E-state index >= 15 is 0 Å². The van der Waals surface area contributed by atoms with Gasteiger partial charge in [0.15, 0.2) is 0 Å². The second-order valence-electron chi connectivity index (χ2n) is 6.14. The van der Waals surface area contributed by atoms with Gasteiger partial charge in [0.25, 0.3) is 5.91 Å². The van der Waals surface area contributed by atoms with Crippen molar-refractivity contribution in [3.05, 3.63) is 57.4 Å². The Morgan fingerprint density at radius 2 is 2.33 bits per heavy atom. The van der Waals surface area contributed by atoms with Crippen LogP contribution >= 0.6 is 0 Å². The monoisotopic (exact) mass is 367 g/mol. The molecule has 1 aromatic carbocycles. The molecule has 138 valence electrons. The Bertz CT molecular complexity index is 953. The highest BCUT2D eigenvalue weighted by Gasteiger charge is 2.24. The average Bonchev–Trinajstić information content (AvgIpc) is 3.34. The largest absolute Gasteiger partial charge is 0.496 e. The molecular formula is C18H17N5O4. The molecule has 1 heterocycles. The number of nitriles is 1. The lowest BCUT2D eigenvalue weighted by atomic mass is 10.1. The van der Waals surface area contributed by atoms with Gasteiger partial charge in [-0.2, -0.15) is 10.4 Å².